The first-order chi connectivity index (χ1) is 11.8. The monoisotopic (exact) mass is 382 g/mol. The largest absolute Gasteiger partial charge is 0.416 e. The Labute approximate surface area is 145 Å². The molecule has 0 radical (unpaired) electrons. The van der Waals surface area contributed by atoms with Gasteiger partial charge in [0.15, 0.2) is 0 Å². The Hall–Kier alpha value is -1.83. The summed E-state index contributed by atoms with van der Waals surface area (Å²) in [5, 5.41) is 10.4. The van der Waals surface area contributed by atoms with Crippen LogP contribution in [0.15, 0.2) is 41.8 Å². The molecule has 0 amide bonds. The summed E-state index contributed by atoms with van der Waals surface area (Å²) >= 11 is 0. The molecule has 0 bridgehead atoms. The third-order valence-electron chi connectivity index (χ3n) is 4.53. The maximum absolute atomic E-state index is 13.4. The Kier molecular flexibility index (Phi) is 5.56. The summed E-state index contributed by atoms with van der Waals surface area (Å²) in [6.07, 6.45) is -8.51. The number of hydrogen-bond acceptors (Lipinski definition) is 1. The molecule has 26 heavy (non-hydrogen) atoms. The third-order valence-corrected chi connectivity index (χ3v) is 4.53. The number of allylic oxidation sites excluding steroid dienone is 4. The van der Waals surface area contributed by atoms with Crippen LogP contribution in [0.4, 0.5) is 30.7 Å². The average Bonchev–Trinajstić information content (AvgIpc) is 2.54. The Morgan fingerprint density at radius 3 is 1.92 bits per heavy atom. The van der Waals surface area contributed by atoms with Crippen LogP contribution in [-0.2, 0) is 12.4 Å². The van der Waals surface area contributed by atoms with Crippen molar-refractivity contribution >= 4 is 0 Å². The van der Waals surface area contributed by atoms with Crippen LogP contribution in [0.3, 0.4) is 0 Å². The number of rotatable bonds is 3. The number of hydrogen-bond donors (Lipinski definition) is 1. The molecule has 2 rings (SSSR count). The highest BCUT2D eigenvalue weighted by molar-refractivity contribution is 5.35. The van der Waals surface area contributed by atoms with Crippen molar-refractivity contribution in [2.75, 3.05) is 0 Å². The van der Waals surface area contributed by atoms with Crippen LogP contribution in [0.2, 0.25) is 0 Å². The number of halogens is 7. The molecule has 1 N–H and O–H groups in total. The molecule has 0 aliphatic heterocycles. The molecule has 1 aliphatic rings. The van der Waals surface area contributed by atoms with Gasteiger partial charge in [-0.2, -0.15) is 26.3 Å². The molecular weight excluding hydrogens is 365 g/mol. The van der Waals surface area contributed by atoms with Crippen molar-refractivity contribution < 1.29 is 35.8 Å². The van der Waals surface area contributed by atoms with E-state index < -0.39 is 52.8 Å². The zero-order valence-corrected chi connectivity index (χ0v) is 13.9. The van der Waals surface area contributed by atoms with Gasteiger partial charge in [-0.3, -0.25) is 0 Å². The van der Waals surface area contributed by atoms with Gasteiger partial charge in [0.1, 0.15) is 5.83 Å². The van der Waals surface area contributed by atoms with Gasteiger partial charge in [0.2, 0.25) is 0 Å². The number of aliphatic hydroxyl groups excluding tert-OH is 1. The lowest BCUT2D eigenvalue weighted by atomic mass is 9.80. The highest BCUT2D eigenvalue weighted by Gasteiger charge is 2.38. The molecule has 3 atom stereocenters. The summed E-state index contributed by atoms with van der Waals surface area (Å²) in [5.74, 6) is -1.55. The Morgan fingerprint density at radius 1 is 1.00 bits per heavy atom. The third kappa shape index (κ3) is 4.47. The summed E-state index contributed by atoms with van der Waals surface area (Å²) in [6.45, 7) is 3.01. The average molecular weight is 382 g/mol. The van der Waals surface area contributed by atoms with Crippen molar-refractivity contribution in [2.45, 2.75) is 38.7 Å². The summed E-state index contributed by atoms with van der Waals surface area (Å²) in [5.41, 5.74) is -3.11. The van der Waals surface area contributed by atoms with Crippen molar-refractivity contribution in [3.63, 3.8) is 0 Å². The van der Waals surface area contributed by atoms with Gasteiger partial charge >= 0.3 is 12.4 Å². The molecule has 0 aromatic heterocycles. The summed E-state index contributed by atoms with van der Waals surface area (Å²) in [4.78, 5) is 0. The lowest BCUT2D eigenvalue weighted by molar-refractivity contribution is -0.143. The molecule has 8 heteroatoms. The topological polar surface area (TPSA) is 20.2 Å². The fraction of sp³-hybridized carbons (Fsp3) is 0.444. The maximum Gasteiger partial charge on any atom is 0.416 e. The molecule has 1 aromatic rings. The number of benzene rings is 1. The quantitative estimate of drug-likeness (QED) is 0.616. The zero-order chi connectivity index (χ0) is 19.9. The molecule has 0 fully saturated rings. The van der Waals surface area contributed by atoms with Gasteiger partial charge in [0, 0.05) is 0 Å². The minimum atomic E-state index is -4.98. The zero-order valence-electron chi connectivity index (χ0n) is 13.9. The van der Waals surface area contributed by atoms with Crippen molar-refractivity contribution in [3.8, 4) is 0 Å². The normalized spacial score (nSPS) is 21.1. The van der Waals surface area contributed by atoms with Crippen molar-refractivity contribution in [2.24, 2.45) is 11.8 Å². The van der Waals surface area contributed by atoms with Gasteiger partial charge in [-0.1, -0.05) is 13.0 Å². The fourth-order valence-corrected chi connectivity index (χ4v) is 2.92. The molecule has 0 saturated carbocycles. The van der Waals surface area contributed by atoms with Crippen LogP contribution in [0.5, 0.6) is 0 Å². The van der Waals surface area contributed by atoms with E-state index in [1.807, 2.05) is 0 Å². The molecule has 0 heterocycles. The standard InChI is InChI=1S/C18H17F7O/c1-9-5-11(3-4-15(9)19)10(2)16(26)12-6-13(17(20,21)22)8-14(7-12)18(23,24)25/h4-8,10-11,16,26H,3H2,1-2H3. The molecule has 1 aromatic carbocycles. The minimum Gasteiger partial charge on any atom is -0.388 e. The van der Waals surface area contributed by atoms with Crippen LogP contribution in [0, 0.1) is 11.8 Å². The van der Waals surface area contributed by atoms with Gasteiger partial charge in [0.25, 0.3) is 0 Å². The summed E-state index contributed by atoms with van der Waals surface area (Å²) in [6, 6.07) is 1.06. The predicted octanol–water partition coefficient (Wildman–Crippen LogP) is 6.21. The van der Waals surface area contributed by atoms with E-state index in [1.165, 1.54) is 26.0 Å². The van der Waals surface area contributed by atoms with Crippen molar-refractivity contribution in [1.29, 1.82) is 0 Å². The molecule has 0 saturated heterocycles. The maximum atomic E-state index is 13.4. The van der Waals surface area contributed by atoms with E-state index in [9.17, 15) is 35.8 Å². The number of aliphatic hydroxyl groups is 1. The van der Waals surface area contributed by atoms with Crippen molar-refractivity contribution in [1.82, 2.24) is 0 Å². The van der Waals surface area contributed by atoms with Crippen molar-refractivity contribution in [3.05, 3.63) is 58.4 Å². The van der Waals surface area contributed by atoms with Gasteiger partial charge in [-0.05, 0) is 60.6 Å². The van der Waals surface area contributed by atoms with Gasteiger partial charge in [-0.25, -0.2) is 4.39 Å². The lowest BCUT2D eigenvalue weighted by Gasteiger charge is -2.28. The first-order valence-corrected chi connectivity index (χ1v) is 7.82. The summed E-state index contributed by atoms with van der Waals surface area (Å²) < 4.78 is 91.0. The van der Waals surface area contributed by atoms with Crippen LogP contribution in [-0.4, -0.2) is 5.11 Å². The van der Waals surface area contributed by atoms with E-state index in [2.05, 4.69) is 0 Å². The first-order valence-electron chi connectivity index (χ1n) is 7.82. The van der Waals surface area contributed by atoms with Crippen LogP contribution < -0.4 is 0 Å². The highest BCUT2D eigenvalue weighted by atomic mass is 19.4. The molecule has 1 nitrogen and oxygen atoms in total. The molecular formula is C18H17F7O. The molecule has 3 unspecified atom stereocenters. The van der Waals surface area contributed by atoms with Gasteiger partial charge in [0.05, 0.1) is 17.2 Å². The van der Waals surface area contributed by atoms with E-state index in [-0.39, 0.29) is 12.5 Å². The lowest BCUT2D eigenvalue weighted by Crippen LogP contribution is -2.21. The number of alkyl halides is 6. The molecule has 1 aliphatic carbocycles. The molecule has 144 valence electrons. The smallest absolute Gasteiger partial charge is 0.388 e. The van der Waals surface area contributed by atoms with E-state index in [0.717, 1.165) is 0 Å². The predicted molar refractivity (Wildman–Crippen MR) is 81.6 cm³/mol. The van der Waals surface area contributed by atoms with E-state index in [4.69, 9.17) is 0 Å². The minimum absolute atomic E-state index is 0.0175. The van der Waals surface area contributed by atoms with Crippen LogP contribution in [0.1, 0.15) is 43.1 Å². The SMILES string of the molecule is CC1=CC(C(C)C(O)c2cc(C(F)(F)F)cc(C(F)(F)F)c2)CC=C1F. The Balaban J connectivity index is 2.40. The first kappa shape index (κ1) is 20.5. The molecule has 0 spiro atoms. The second-order valence-corrected chi connectivity index (χ2v) is 6.44. The summed E-state index contributed by atoms with van der Waals surface area (Å²) in [7, 11) is 0. The van der Waals surface area contributed by atoms with E-state index >= 15 is 0 Å². The fourth-order valence-electron chi connectivity index (χ4n) is 2.92. The Morgan fingerprint density at radius 2 is 1.50 bits per heavy atom. The van der Waals surface area contributed by atoms with Crippen LogP contribution >= 0.6 is 0 Å². The second kappa shape index (κ2) is 7.06. The van der Waals surface area contributed by atoms with Gasteiger partial charge in [-0.15, -0.1) is 0 Å². The highest BCUT2D eigenvalue weighted by Crippen LogP contribution is 2.40. The van der Waals surface area contributed by atoms with Crippen LogP contribution in [0.25, 0.3) is 0 Å². The van der Waals surface area contributed by atoms with E-state index in [0.29, 0.717) is 17.7 Å². The second-order valence-electron chi connectivity index (χ2n) is 6.44. The van der Waals surface area contributed by atoms with Gasteiger partial charge < -0.3 is 5.11 Å². The Bertz CT molecular complexity index is 696. The van der Waals surface area contributed by atoms with E-state index in [1.54, 1.807) is 0 Å².